The standard InChI is InChI=1S/C19H15BrF3N3O/c1-26(15-9-7-14(20)8-10-15)17-16(19(21,22)23)11-24-18(25-17)27-12-13-5-3-2-4-6-13/h2-11H,12H2,1H3. The molecule has 2 aromatic carbocycles. The molecule has 0 saturated heterocycles. The van der Waals surface area contributed by atoms with Crippen molar-refractivity contribution in [3.8, 4) is 6.01 Å². The normalized spacial score (nSPS) is 11.3. The number of nitrogens with zero attached hydrogens (tertiary/aromatic N) is 3. The monoisotopic (exact) mass is 437 g/mol. The average Bonchev–Trinajstić information content (AvgIpc) is 2.66. The van der Waals surface area contributed by atoms with Crippen molar-refractivity contribution in [1.82, 2.24) is 9.97 Å². The van der Waals surface area contributed by atoms with Crippen LogP contribution in [0, 0.1) is 0 Å². The molecule has 0 saturated carbocycles. The first-order chi connectivity index (χ1) is 12.8. The van der Waals surface area contributed by atoms with Gasteiger partial charge in [0.05, 0.1) is 0 Å². The molecule has 0 atom stereocenters. The van der Waals surface area contributed by atoms with E-state index in [0.29, 0.717) is 5.69 Å². The molecule has 140 valence electrons. The van der Waals surface area contributed by atoms with Crippen molar-refractivity contribution in [2.24, 2.45) is 0 Å². The number of alkyl halides is 3. The van der Waals surface area contributed by atoms with Gasteiger partial charge in [-0.25, -0.2) is 4.98 Å². The second-order valence-electron chi connectivity index (χ2n) is 5.70. The van der Waals surface area contributed by atoms with E-state index >= 15 is 0 Å². The molecule has 1 heterocycles. The Morgan fingerprint density at radius 1 is 1.04 bits per heavy atom. The molecular weight excluding hydrogens is 423 g/mol. The van der Waals surface area contributed by atoms with Crippen LogP contribution in [0.1, 0.15) is 11.1 Å². The molecule has 0 aliphatic rings. The number of anilines is 2. The Bertz CT molecular complexity index is 902. The summed E-state index contributed by atoms with van der Waals surface area (Å²) in [7, 11) is 1.52. The lowest BCUT2D eigenvalue weighted by molar-refractivity contribution is -0.137. The van der Waals surface area contributed by atoms with Gasteiger partial charge in [-0.1, -0.05) is 46.3 Å². The lowest BCUT2D eigenvalue weighted by atomic mass is 10.2. The summed E-state index contributed by atoms with van der Waals surface area (Å²) in [6.07, 6.45) is -3.84. The van der Waals surface area contributed by atoms with E-state index in [1.54, 1.807) is 24.3 Å². The van der Waals surface area contributed by atoms with E-state index in [1.165, 1.54) is 11.9 Å². The highest BCUT2D eigenvalue weighted by Crippen LogP contribution is 2.37. The molecule has 8 heteroatoms. The Kier molecular flexibility index (Phi) is 5.65. The maximum absolute atomic E-state index is 13.4. The molecule has 0 fully saturated rings. The quantitative estimate of drug-likeness (QED) is 0.520. The van der Waals surface area contributed by atoms with E-state index < -0.39 is 11.7 Å². The molecule has 27 heavy (non-hydrogen) atoms. The Morgan fingerprint density at radius 2 is 1.70 bits per heavy atom. The van der Waals surface area contributed by atoms with E-state index in [0.717, 1.165) is 16.2 Å². The molecule has 4 nitrogen and oxygen atoms in total. The predicted octanol–water partition coefficient (Wildman–Crippen LogP) is 5.60. The molecule has 0 spiro atoms. The van der Waals surface area contributed by atoms with Crippen LogP contribution >= 0.6 is 15.9 Å². The number of hydrogen-bond acceptors (Lipinski definition) is 4. The van der Waals surface area contributed by atoms with Gasteiger partial charge in [0.2, 0.25) is 0 Å². The summed E-state index contributed by atoms with van der Waals surface area (Å²) >= 11 is 3.31. The summed E-state index contributed by atoms with van der Waals surface area (Å²) in [4.78, 5) is 9.09. The molecule has 1 aromatic heterocycles. The summed E-state index contributed by atoms with van der Waals surface area (Å²) < 4.78 is 46.6. The third-order valence-corrected chi connectivity index (χ3v) is 4.32. The van der Waals surface area contributed by atoms with Crippen LogP contribution in [-0.4, -0.2) is 17.0 Å². The largest absolute Gasteiger partial charge is 0.459 e. The second-order valence-corrected chi connectivity index (χ2v) is 6.61. The van der Waals surface area contributed by atoms with Crippen molar-refractivity contribution in [2.45, 2.75) is 12.8 Å². The molecule has 0 unspecified atom stereocenters. The average molecular weight is 438 g/mol. The van der Waals surface area contributed by atoms with Crippen LogP contribution in [0.5, 0.6) is 6.01 Å². The van der Waals surface area contributed by atoms with Crippen molar-refractivity contribution in [1.29, 1.82) is 0 Å². The first-order valence-electron chi connectivity index (χ1n) is 7.95. The minimum Gasteiger partial charge on any atom is -0.459 e. The van der Waals surface area contributed by atoms with Crippen LogP contribution < -0.4 is 9.64 Å². The minimum absolute atomic E-state index is 0.120. The first kappa shape index (κ1) is 19.2. The Balaban J connectivity index is 1.92. The fourth-order valence-electron chi connectivity index (χ4n) is 2.39. The molecule has 0 amide bonds. The smallest absolute Gasteiger partial charge is 0.421 e. The van der Waals surface area contributed by atoms with Gasteiger partial charge < -0.3 is 9.64 Å². The Morgan fingerprint density at radius 3 is 2.33 bits per heavy atom. The van der Waals surface area contributed by atoms with E-state index in [1.807, 2.05) is 30.3 Å². The third kappa shape index (κ3) is 4.77. The van der Waals surface area contributed by atoms with Gasteiger partial charge in [-0.2, -0.15) is 18.2 Å². The number of benzene rings is 2. The molecule has 0 bridgehead atoms. The molecule has 0 radical (unpaired) electrons. The van der Waals surface area contributed by atoms with Gasteiger partial charge in [0.25, 0.3) is 0 Å². The number of ether oxygens (including phenoxy) is 1. The zero-order chi connectivity index (χ0) is 19.4. The van der Waals surface area contributed by atoms with Crippen LogP contribution in [0.4, 0.5) is 24.7 Å². The summed E-state index contributed by atoms with van der Waals surface area (Å²) in [5, 5.41) is 0. The van der Waals surface area contributed by atoms with Crippen molar-refractivity contribution >= 4 is 27.4 Å². The second kappa shape index (κ2) is 7.96. The summed E-state index contributed by atoms with van der Waals surface area (Å²) in [5.74, 6) is -0.275. The molecular formula is C19H15BrF3N3O. The zero-order valence-corrected chi connectivity index (χ0v) is 15.8. The molecule has 3 aromatic rings. The van der Waals surface area contributed by atoms with Crippen LogP contribution in [0.15, 0.2) is 65.3 Å². The number of halogens is 4. The lowest BCUT2D eigenvalue weighted by Gasteiger charge is -2.22. The van der Waals surface area contributed by atoms with Gasteiger partial charge in [0.15, 0.2) is 5.82 Å². The van der Waals surface area contributed by atoms with Gasteiger partial charge in [0.1, 0.15) is 12.2 Å². The fourth-order valence-corrected chi connectivity index (χ4v) is 2.66. The number of rotatable bonds is 5. The lowest BCUT2D eigenvalue weighted by Crippen LogP contribution is -2.19. The van der Waals surface area contributed by atoms with Crippen molar-refractivity contribution in [2.75, 3.05) is 11.9 Å². The first-order valence-corrected chi connectivity index (χ1v) is 8.74. The summed E-state index contributed by atoms with van der Waals surface area (Å²) in [6, 6.07) is 16.0. The molecule has 0 aliphatic heterocycles. The highest BCUT2D eigenvalue weighted by molar-refractivity contribution is 9.10. The zero-order valence-electron chi connectivity index (χ0n) is 14.2. The maximum atomic E-state index is 13.4. The topological polar surface area (TPSA) is 38.2 Å². The fraction of sp³-hybridized carbons (Fsp3) is 0.158. The Labute approximate surface area is 162 Å². The number of aromatic nitrogens is 2. The third-order valence-electron chi connectivity index (χ3n) is 3.79. The van der Waals surface area contributed by atoms with E-state index in [-0.39, 0.29) is 18.4 Å². The van der Waals surface area contributed by atoms with Gasteiger partial charge in [0, 0.05) is 23.4 Å². The van der Waals surface area contributed by atoms with Crippen LogP contribution in [-0.2, 0) is 12.8 Å². The highest BCUT2D eigenvalue weighted by atomic mass is 79.9. The van der Waals surface area contributed by atoms with Crippen molar-refractivity contribution in [3.63, 3.8) is 0 Å². The SMILES string of the molecule is CN(c1ccc(Br)cc1)c1nc(OCc2ccccc2)ncc1C(F)(F)F. The minimum atomic E-state index is -4.59. The van der Waals surface area contributed by atoms with Crippen molar-refractivity contribution < 1.29 is 17.9 Å². The van der Waals surface area contributed by atoms with Crippen LogP contribution in [0.25, 0.3) is 0 Å². The van der Waals surface area contributed by atoms with Crippen LogP contribution in [0.2, 0.25) is 0 Å². The van der Waals surface area contributed by atoms with E-state index in [2.05, 4.69) is 25.9 Å². The van der Waals surface area contributed by atoms with Gasteiger partial charge in [-0.15, -0.1) is 0 Å². The van der Waals surface area contributed by atoms with E-state index in [4.69, 9.17) is 4.74 Å². The molecule has 0 aliphatic carbocycles. The highest BCUT2D eigenvalue weighted by Gasteiger charge is 2.36. The van der Waals surface area contributed by atoms with Gasteiger partial charge in [-0.3, -0.25) is 0 Å². The van der Waals surface area contributed by atoms with Gasteiger partial charge >= 0.3 is 12.2 Å². The number of hydrogen-bond donors (Lipinski definition) is 0. The molecule has 0 N–H and O–H groups in total. The summed E-state index contributed by atoms with van der Waals surface area (Å²) in [5.41, 5.74) is 0.486. The van der Waals surface area contributed by atoms with Crippen molar-refractivity contribution in [3.05, 3.63) is 76.4 Å². The predicted molar refractivity (Wildman–Crippen MR) is 100 cm³/mol. The van der Waals surface area contributed by atoms with E-state index in [9.17, 15) is 13.2 Å². The van der Waals surface area contributed by atoms with Crippen LogP contribution in [0.3, 0.4) is 0 Å². The molecule has 3 rings (SSSR count). The maximum Gasteiger partial charge on any atom is 0.421 e. The Hall–Kier alpha value is -2.61. The van der Waals surface area contributed by atoms with Gasteiger partial charge in [-0.05, 0) is 29.8 Å². The summed E-state index contributed by atoms with van der Waals surface area (Å²) in [6.45, 7) is 0.160.